The molecule has 0 unspecified atom stereocenters. The largest absolute Gasteiger partial charge is 0.347 e. The lowest BCUT2D eigenvalue weighted by atomic mass is 10.4. The van der Waals surface area contributed by atoms with E-state index in [-0.39, 0.29) is 5.43 Å². The van der Waals surface area contributed by atoms with Gasteiger partial charge in [-0.25, -0.2) is 5.84 Å². The monoisotopic (exact) mass is 223 g/mol. The highest BCUT2D eigenvalue weighted by Gasteiger charge is 2.02. The van der Waals surface area contributed by atoms with E-state index in [1.165, 1.54) is 23.5 Å². The Bertz CT molecular complexity index is 485. The molecule has 0 aromatic carbocycles. The molecule has 2 aromatic rings. The van der Waals surface area contributed by atoms with Gasteiger partial charge in [0, 0.05) is 24.5 Å². The Kier molecular flexibility index (Phi) is 2.75. The Hall–Kier alpha value is -1.73. The van der Waals surface area contributed by atoms with Gasteiger partial charge in [0.25, 0.3) is 0 Å². The Morgan fingerprint density at radius 3 is 2.73 bits per heavy atom. The molecule has 3 N–H and O–H groups in total. The maximum absolute atomic E-state index is 10.9. The summed E-state index contributed by atoms with van der Waals surface area (Å²) in [6.07, 6.45) is 3.42. The number of pyridine rings is 1. The van der Waals surface area contributed by atoms with Gasteiger partial charge >= 0.3 is 0 Å². The van der Waals surface area contributed by atoms with E-state index in [1.807, 2.05) is 4.57 Å². The van der Waals surface area contributed by atoms with E-state index in [2.05, 4.69) is 15.6 Å². The molecule has 7 heteroatoms. The fourth-order valence-corrected chi connectivity index (χ4v) is 1.74. The molecular formula is C8H9N5OS. The van der Waals surface area contributed by atoms with E-state index >= 15 is 0 Å². The normalized spacial score (nSPS) is 10.2. The van der Waals surface area contributed by atoms with Gasteiger partial charge in [-0.1, -0.05) is 11.3 Å². The van der Waals surface area contributed by atoms with Crippen molar-refractivity contribution in [1.82, 2.24) is 14.8 Å². The summed E-state index contributed by atoms with van der Waals surface area (Å²) in [7, 11) is 0. The number of nitrogens with zero attached hydrogens (tertiary/aromatic N) is 3. The number of hydrogen-bond donors (Lipinski definition) is 2. The van der Waals surface area contributed by atoms with Gasteiger partial charge in [-0.2, -0.15) is 0 Å². The highest BCUT2D eigenvalue weighted by molar-refractivity contribution is 7.15. The van der Waals surface area contributed by atoms with E-state index < -0.39 is 0 Å². The Morgan fingerprint density at radius 1 is 1.40 bits per heavy atom. The second-order valence-electron chi connectivity index (χ2n) is 2.85. The molecule has 0 saturated carbocycles. The molecule has 0 amide bonds. The van der Waals surface area contributed by atoms with Crippen molar-refractivity contribution in [3.63, 3.8) is 0 Å². The summed E-state index contributed by atoms with van der Waals surface area (Å²) in [5, 5.41) is 9.14. The molecule has 2 heterocycles. The molecule has 0 spiro atoms. The third-order valence-corrected chi connectivity index (χ3v) is 2.61. The zero-order valence-electron chi connectivity index (χ0n) is 7.75. The summed E-state index contributed by atoms with van der Waals surface area (Å²) < 4.78 is 1.85. The lowest BCUT2D eigenvalue weighted by molar-refractivity contribution is 0.770. The van der Waals surface area contributed by atoms with Crippen LogP contribution in [0, 0.1) is 0 Å². The van der Waals surface area contributed by atoms with Gasteiger partial charge < -0.3 is 4.57 Å². The van der Waals surface area contributed by atoms with Crippen LogP contribution in [-0.4, -0.2) is 14.8 Å². The number of nitrogens with two attached hydrogens (primary N) is 1. The molecule has 6 nitrogen and oxygen atoms in total. The third kappa shape index (κ3) is 2.39. The van der Waals surface area contributed by atoms with E-state index in [4.69, 9.17) is 5.84 Å². The van der Waals surface area contributed by atoms with Crippen molar-refractivity contribution in [2.24, 2.45) is 5.84 Å². The van der Waals surface area contributed by atoms with Crippen molar-refractivity contribution in [3.05, 3.63) is 39.8 Å². The number of hydrazine groups is 1. The Balaban J connectivity index is 2.14. The molecule has 78 valence electrons. The molecule has 0 bridgehead atoms. The van der Waals surface area contributed by atoms with E-state index in [0.717, 1.165) is 5.01 Å². The average molecular weight is 223 g/mol. The van der Waals surface area contributed by atoms with Crippen LogP contribution in [0.3, 0.4) is 0 Å². The van der Waals surface area contributed by atoms with Crippen molar-refractivity contribution in [2.75, 3.05) is 5.43 Å². The molecule has 0 saturated heterocycles. The fraction of sp³-hybridized carbons (Fsp3) is 0.125. The van der Waals surface area contributed by atoms with Crippen LogP contribution in [0.5, 0.6) is 0 Å². The molecular weight excluding hydrogens is 214 g/mol. The number of nitrogens with one attached hydrogen (secondary N) is 1. The molecule has 0 atom stereocenters. The minimum absolute atomic E-state index is 0.00664. The van der Waals surface area contributed by atoms with E-state index in [9.17, 15) is 4.79 Å². The SMILES string of the molecule is NNc1nnc(Cn2ccc(=O)cc2)s1. The van der Waals surface area contributed by atoms with Crippen LogP contribution in [-0.2, 0) is 6.54 Å². The van der Waals surface area contributed by atoms with Gasteiger partial charge in [0.05, 0.1) is 6.54 Å². The fourth-order valence-electron chi connectivity index (χ4n) is 1.08. The number of aromatic nitrogens is 3. The molecule has 0 aliphatic heterocycles. The topological polar surface area (TPSA) is 85.8 Å². The first-order chi connectivity index (χ1) is 7.28. The first-order valence-electron chi connectivity index (χ1n) is 4.23. The van der Waals surface area contributed by atoms with Crippen LogP contribution in [0.25, 0.3) is 0 Å². The number of anilines is 1. The number of hydrogen-bond acceptors (Lipinski definition) is 6. The highest BCUT2D eigenvalue weighted by atomic mass is 32.1. The maximum Gasteiger partial charge on any atom is 0.219 e. The first kappa shape index (κ1) is 9.81. The summed E-state index contributed by atoms with van der Waals surface area (Å²) in [5.74, 6) is 5.19. The predicted molar refractivity (Wildman–Crippen MR) is 57.5 cm³/mol. The number of nitrogen functional groups attached to an aromatic ring is 1. The highest BCUT2D eigenvalue weighted by Crippen LogP contribution is 2.14. The van der Waals surface area contributed by atoms with Crippen molar-refractivity contribution in [3.8, 4) is 0 Å². The number of rotatable bonds is 3. The molecule has 0 aliphatic rings. The molecule has 0 radical (unpaired) electrons. The summed E-state index contributed by atoms with van der Waals surface area (Å²) in [5.41, 5.74) is 2.42. The van der Waals surface area contributed by atoms with Crippen LogP contribution in [0.1, 0.15) is 5.01 Å². The molecule has 0 fully saturated rings. The Labute approximate surface area is 89.4 Å². The van der Waals surface area contributed by atoms with Crippen LogP contribution in [0.15, 0.2) is 29.3 Å². The minimum atomic E-state index is -0.00664. The standard InChI is InChI=1S/C8H9N5OS/c9-10-8-12-11-7(15-8)5-13-3-1-6(14)2-4-13/h1-4H,5,9H2,(H,10,12). The molecule has 15 heavy (non-hydrogen) atoms. The van der Waals surface area contributed by atoms with Crippen LogP contribution < -0.4 is 16.7 Å². The van der Waals surface area contributed by atoms with Gasteiger partial charge in [-0.3, -0.25) is 10.2 Å². The summed E-state index contributed by atoms with van der Waals surface area (Å²) in [4.78, 5) is 10.9. The van der Waals surface area contributed by atoms with Crippen LogP contribution in [0.4, 0.5) is 5.13 Å². The van der Waals surface area contributed by atoms with E-state index in [0.29, 0.717) is 11.7 Å². The third-order valence-electron chi connectivity index (χ3n) is 1.77. The van der Waals surface area contributed by atoms with E-state index in [1.54, 1.807) is 12.4 Å². The summed E-state index contributed by atoms with van der Waals surface area (Å²) >= 11 is 1.37. The molecule has 2 rings (SSSR count). The first-order valence-corrected chi connectivity index (χ1v) is 5.04. The summed E-state index contributed by atoms with van der Waals surface area (Å²) in [6, 6.07) is 3.01. The zero-order chi connectivity index (χ0) is 10.7. The van der Waals surface area contributed by atoms with Gasteiger partial charge in [-0.15, -0.1) is 10.2 Å². The van der Waals surface area contributed by atoms with Gasteiger partial charge in [0.15, 0.2) is 5.43 Å². The lowest BCUT2D eigenvalue weighted by Gasteiger charge is -2.00. The van der Waals surface area contributed by atoms with Crippen molar-refractivity contribution < 1.29 is 0 Å². The van der Waals surface area contributed by atoms with Gasteiger partial charge in [-0.05, 0) is 0 Å². The lowest BCUT2D eigenvalue weighted by Crippen LogP contribution is -2.05. The van der Waals surface area contributed by atoms with Crippen LogP contribution >= 0.6 is 11.3 Å². The quantitative estimate of drug-likeness (QED) is 0.566. The second kappa shape index (κ2) is 4.20. The van der Waals surface area contributed by atoms with Crippen molar-refractivity contribution >= 4 is 16.5 Å². The van der Waals surface area contributed by atoms with Gasteiger partial charge in [0.2, 0.25) is 5.13 Å². The van der Waals surface area contributed by atoms with Gasteiger partial charge in [0.1, 0.15) is 5.01 Å². The average Bonchev–Trinajstić information content (AvgIpc) is 2.69. The predicted octanol–water partition coefficient (Wildman–Crippen LogP) is 0.0337. The zero-order valence-corrected chi connectivity index (χ0v) is 8.57. The maximum atomic E-state index is 10.9. The second-order valence-corrected chi connectivity index (χ2v) is 3.91. The molecule has 2 aromatic heterocycles. The smallest absolute Gasteiger partial charge is 0.219 e. The van der Waals surface area contributed by atoms with Crippen LogP contribution in [0.2, 0.25) is 0 Å². The van der Waals surface area contributed by atoms with Crippen molar-refractivity contribution in [1.29, 1.82) is 0 Å². The van der Waals surface area contributed by atoms with Crippen molar-refractivity contribution in [2.45, 2.75) is 6.54 Å². The Morgan fingerprint density at radius 2 is 2.13 bits per heavy atom. The summed E-state index contributed by atoms with van der Waals surface area (Å²) in [6.45, 7) is 0.583. The molecule has 0 aliphatic carbocycles. The minimum Gasteiger partial charge on any atom is -0.347 e.